The third-order valence-corrected chi connectivity index (χ3v) is 5.72. The van der Waals surface area contributed by atoms with E-state index in [9.17, 15) is 0 Å². The summed E-state index contributed by atoms with van der Waals surface area (Å²) in [5, 5.41) is 4.07. The van der Waals surface area contributed by atoms with Gasteiger partial charge in [-0.1, -0.05) is 42.5 Å². The van der Waals surface area contributed by atoms with Crippen molar-refractivity contribution in [1.82, 2.24) is 10.3 Å². The number of rotatable bonds is 5. The van der Waals surface area contributed by atoms with Gasteiger partial charge in [0.2, 0.25) is 0 Å². The number of ether oxygens (including phenoxy) is 1. The van der Waals surface area contributed by atoms with Gasteiger partial charge in [-0.25, -0.2) is 0 Å². The molecule has 1 saturated heterocycles. The average molecular weight is 428 g/mol. The Labute approximate surface area is 186 Å². The third-order valence-electron chi connectivity index (χ3n) is 5.41. The standard InChI is InChI=1S/C25H21N3O2S/c1-29-19-11-7-10-18(16-19)28-24(23(27-25(28)31)20-12-5-6-15-26-20)22-14-13-21(30-22)17-8-3-2-4-9-17/h2-16,23-24H,1H3,(H,27,31). The van der Waals surface area contributed by atoms with Crippen LogP contribution in [0.15, 0.2) is 95.5 Å². The molecule has 0 spiro atoms. The molecular formula is C25H21N3O2S. The van der Waals surface area contributed by atoms with E-state index in [4.69, 9.17) is 21.4 Å². The minimum atomic E-state index is -0.202. The predicted octanol–water partition coefficient (Wildman–Crippen LogP) is 5.53. The van der Waals surface area contributed by atoms with Crippen LogP contribution < -0.4 is 15.0 Å². The van der Waals surface area contributed by atoms with E-state index in [0.717, 1.165) is 34.2 Å². The van der Waals surface area contributed by atoms with Crippen molar-refractivity contribution in [3.8, 4) is 17.1 Å². The largest absolute Gasteiger partial charge is 0.497 e. The van der Waals surface area contributed by atoms with Crippen molar-refractivity contribution in [3.05, 3.63) is 103 Å². The van der Waals surface area contributed by atoms with Gasteiger partial charge in [-0.3, -0.25) is 4.98 Å². The van der Waals surface area contributed by atoms with Gasteiger partial charge in [0, 0.05) is 23.5 Å². The van der Waals surface area contributed by atoms with Crippen molar-refractivity contribution < 1.29 is 9.15 Å². The Bertz CT molecular complexity index is 1190. The lowest BCUT2D eigenvalue weighted by molar-refractivity contribution is 0.414. The molecule has 3 heterocycles. The topological polar surface area (TPSA) is 50.5 Å². The first-order valence-electron chi connectivity index (χ1n) is 10.0. The number of pyridine rings is 1. The van der Waals surface area contributed by atoms with E-state index < -0.39 is 0 Å². The number of benzene rings is 2. The van der Waals surface area contributed by atoms with Gasteiger partial charge < -0.3 is 19.4 Å². The summed E-state index contributed by atoms with van der Waals surface area (Å²) >= 11 is 5.76. The Morgan fingerprint density at radius 3 is 2.58 bits per heavy atom. The zero-order chi connectivity index (χ0) is 21.2. The van der Waals surface area contributed by atoms with E-state index in [1.165, 1.54) is 0 Å². The van der Waals surface area contributed by atoms with Gasteiger partial charge in [-0.15, -0.1) is 0 Å². The van der Waals surface area contributed by atoms with E-state index in [1.807, 2.05) is 84.9 Å². The van der Waals surface area contributed by atoms with E-state index >= 15 is 0 Å². The van der Waals surface area contributed by atoms with Gasteiger partial charge in [-0.2, -0.15) is 0 Å². The number of aromatic nitrogens is 1. The highest BCUT2D eigenvalue weighted by molar-refractivity contribution is 7.80. The number of anilines is 1. The molecule has 1 aliphatic heterocycles. The lowest BCUT2D eigenvalue weighted by atomic mass is 10.0. The molecule has 0 radical (unpaired) electrons. The van der Waals surface area contributed by atoms with Crippen LogP contribution in [0.1, 0.15) is 23.5 Å². The normalized spacial score (nSPS) is 18.1. The Hall–Kier alpha value is -3.64. The highest BCUT2D eigenvalue weighted by Crippen LogP contribution is 2.43. The number of furan rings is 1. The molecule has 0 amide bonds. The van der Waals surface area contributed by atoms with Crippen molar-refractivity contribution in [2.45, 2.75) is 12.1 Å². The quantitative estimate of drug-likeness (QED) is 0.423. The van der Waals surface area contributed by atoms with Gasteiger partial charge in [0.05, 0.1) is 18.8 Å². The van der Waals surface area contributed by atoms with Crippen LogP contribution in [0, 0.1) is 0 Å². The Morgan fingerprint density at radius 1 is 0.968 bits per heavy atom. The molecule has 0 saturated carbocycles. The predicted molar refractivity (Wildman–Crippen MR) is 125 cm³/mol. The number of nitrogens with zero attached hydrogens (tertiary/aromatic N) is 2. The first kappa shape index (κ1) is 19.3. The van der Waals surface area contributed by atoms with E-state index in [2.05, 4.69) is 15.2 Å². The number of nitrogens with one attached hydrogen (secondary N) is 1. The molecule has 1 N–H and O–H groups in total. The molecule has 1 aliphatic rings. The zero-order valence-corrected chi connectivity index (χ0v) is 17.8. The molecule has 1 fully saturated rings. The lowest BCUT2D eigenvalue weighted by Crippen LogP contribution is -2.29. The lowest BCUT2D eigenvalue weighted by Gasteiger charge is -2.26. The second kappa shape index (κ2) is 8.24. The van der Waals surface area contributed by atoms with Crippen LogP contribution in [-0.4, -0.2) is 17.2 Å². The molecule has 2 aromatic carbocycles. The summed E-state index contributed by atoms with van der Waals surface area (Å²) in [4.78, 5) is 6.66. The molecule has 5 nitrogen and oxygen atoms in total. The van der Waals surface area contributed by atoms with Crippen molar-refractivity contribution >= 4 is 23.0 Å². The molecule has 2 atom stereocenters. The molecule has 5 rings (SSSR count). The molecule has 0 bridgehead atoms. The summed E-state index contributed by atoms with van der Waals surface area (Å²) in [5.74, 6) is 2.40. The summed E-state index contributed by atoms with van der Waals surface area (Å²) in [6.07, 6.45) is 1.79. The van der Waals surface area contributed by atoms with Crippen molar-refractivity contribution in [3.63, 3.8) is 0 Å². The van der Waals surface area contributed by atoms with Crippen molar-refractivity contribution in [2.75, 3.05) is 12.0 Å². The molecule has 6 heteroatoms. The Morgan fingerprint density at radius 2 is 1.81 bits per heavy atom. The summed E-state index contributed by atoms with van der Waals surface area (Å²) in [6, 6.07) is 27.5. The highest BCUT2D eigenvalue weighted by atomic mass is 32.1. The fraction of sp³-hybridized carbons (Fsp3) is 0.120. The average Bonchev–Trinajstić information content (AvgIpc) is 3.45. The van der Waals surface area contributed by atoms with Gasteiger partial charge in [0.15, 0.2) is 5.11 Å². The summed E-state index contributed by atoms with van der Waals surface area (Å²) in [5.41, 5.74) is 2.86. The highest BCUT2D eigenvalue weighted by Gasteiger charge is 2.42. The molecule has 0 aliphatic carbocycles. The fourth-order valence-electron chi connectivity index (χ4n) is 3.95. The Balaban J connectivity index is 1.61. The van der Waals surface area contributed by atoms with E-state index in [1.54, 1.807) is 13.3 Å². The monoisotopic (exact) mass is 427 g/mol. The first-order valence-corrected chi connectivity index (χ1v) is 10.5. The van der Waals surface area contributed by atoms with Crippen LogP contribution in [0.3, 0.4) is 0 Å². The Kier molecular flexibility index (Phi) is 5.14. The maximum atomic E-state index is 6.36. The fourth-order valence-corrected chi connectivity index (χ4v) is 4.30. The zero-order valence-electron chi connectivity index (χ0n) is 16.9. The molecule has 154 valence electrons. The second-order valence-corrected chi connectivity index (χ2v) is 7.65. The summed E-state index contributed by atoms with van der Waals surface area (Å²) < 4.78 is 11.8. The molecule has 2 unspecified atom stereocenters. The SMILES string of the molecule is COc1cccc(N2C(=S)NC(c3ccccn3)C2c2ccc(-c3ccccc3)o2)c1. The number of hydrogen-bond acceptors (Lipinski definition) is 4. The number of methoxy groups -OCH3 is 1. The van der Waals surface area contributed by atoms with Crippen LogP contribution in [0.2, 0.25) is 0 Å². The summed E-state index contributed by atoms with van der Waals surface area (Å²) in [6.45, 7) is 0. The minimum Gasteiger partial charge on any atom is -0.497 e. The van der Waals surface area contributed by atoms with E-state index in [-0.39, 0.29) is 12.1 Å². The third kappa shape index (κ3) is 3.66. The summed E-state index contributed by atoms with van der Waals surface area (Å²) in [7, 11) is 1.66. The van der Waals surface area contributed by atoms with Crippen LogP contribution in [0.5, 0.6) is 5.75 Å². The molecule has 31 heavy (non-hydrogen) atoms. The van der Waals surface area contributed by atoms with Crippen LogP contribution >= 0.6 is 12.2 Å². The van der Waals surface area contributed by atoms with Crippen molar-refractivity contribution in [1.29, 1.82) is 0 Å². The molecular weight excluding hydrogens is 406 g/mol. The minimum absolute atomic E-state index is 0.158. The second-order valence-electron chi connectivity index (χ2n) is 7.27. The number of hydrogen-bond donors (Lipinski definition) is 1. The van der Waals surface area contributed by atoms with Crippen LogP contribution in [-0.2, 0) is 0 Å². The van der Waals surface area contributed by atoms with Gasteiger partial charge in [0.25, 0.3) is 0 Å². The molecule has 4 aromatic rings. The van der Waals surface area contributed by atoms with Gasteiger partial charge in [-0.05, 0) is 48.6 Å². The number of thiocarbonyl (C=S) groups is 1. The van der Waals surface area contributed by atoms with Crippen molar-refractivity contribution in [2.24, 2.45) is 0 Å². The maximum absolute atomic E-state index is 6.36. The van der Waals surface area contributed by atoms with E-state index in [0.29, 0.717) is 5.11 Å². The smallest absolute Gasteiger partial charge is 0.174 e. The van der Waals surface area contributed by atoms with Crippen LogP contribution in [0.25, 0.3) is 11.3 Å². The van der Waals surface area contributed by atoms with Gasteiger partial charge in [0.1, 0.15) is 23.3 Å². The first-order chi connectivity index (χ1) is 15.2. The van der Waals surface area contributed by atoms with Gasteiger partial charge >= 0.3 is 0 Å². The van der Waals surface area contributed by atoms with Crippen LogP contribution in [0.4, 0.5) is 5.69 Å². The molecule has 2 aromatic heterocycles. The maximum Gasteiger partial charge on any atom is 0.174 e.